The van der Waals surface area contributed by atoms with Gasteiger partial charge >= 0.3 is 6.18 Å². The number of nitrogens with one attached hydrogen (secondary N) is 2. The summed E-state index contributed by atoms with van der Waals surface area (Å²) in [6.45, 7) is 5.48. The van der Waals surface area contributed by atoms with E-state index in [0.717, 1.165) is 6.07 Å². The van der Waals surface area contributed by atoms with Crippen LogP contribution in [0.1, 0.15) is 25.5 Å². The Labute approximate surface area is 154 Å². The fourth-order valence-electron chi connectivity index (χ4n) is 2.23. The van der Waals surface area contributed by atoms with Crippen LogP contribution in [0.5, 0.6) is 0 Å². The molecule has 1 amide bonds. The van der Waals surface area contributed by atoms with Crippen molar-refractivity contribution in [2.45, 2.75) is 25.9 Å². The third-order valence-corrected chi connectivity index (χ3v) is 3.78. The van der Waals surface area contributed by atoms with Gasteiger partial charge in [-0.1, -0.05) is 19.6 Å². The van der Waals surface area contributed by atoms with E-state index in [1.807, 2.05) is 0 Å². The van der Waals surface area contributed by atoms with Gasteiger partial charge in [0.2, 0.25) is 5.91 Å². The Morgan fingerprint density at radius 1 is 1.15 bits per heavy atom. The fourth-order valence-corrected chi connectivity index (χ4v) is 2.23. The summed E-state index contributed by atoms with van der Waals surface area (Å²) in [4.78, 5) is 15.6. The molecule has 1 heterocycles. The topological polar surface area (TPSA) is 54.0 Å². The highest BCUT2D eigenvalue weighted by Crippen LogP contribution is 2.28. The molecule has 2 N–H and O–H groups in total. The fraction of sp³-hybridized carbons (Fsp3) is 0.263. The predicted molar refractivity (Wildman–Crippen MR) is 95.4 cm³/mol. The first-order valence-corrected chi connectivity index (χ1v) is 8.20. The SMILES string of the molecule is C=C(CCC(C)C(=O)Nc1ccc(F)cc1)Nc1cccc(C(F)(F)F)n1. The lowest BCUT2D eigenvalue weighted by atomic mass is 10.0. The number of alkyl halides is 3. The molecular weight excluding hydrogens is 362 g/mol. The molecule has 0 aliphatic carbocycles. The van der Waals surface area contributed by atoms with E-state index in [1.54, 1.807) is 6.92 Å². The molecule has 0 saturated heterocycles. The highest BCUT2D eigenvalue weighted by Gasteiger charge is 2.32. The zero-order valence-electron chi connectivity index (χ0n) is 14.6. The van der Waals surface area contributed by atoms with Crippen LogP contribution >= 0.6 is 0 Å². The molecule has 0 aliphatic rings. The molecule has 1 unspecified atom stereocenters. The molecule has 0 spiro atoms. The van der Waals surface area contributed by atoms with Gasteiger partial charge in [-0.2, -0.15) is 13.2 Å². The molecule has 0 bridgehead atoms. The Morgan fingerprint density at radius 3 is 2.44 bits per heavy atom. The number of rotatable bonds is 7. The van der Waals surface area contributed by atoms with Crippen LogP contribution in [0.25, 0.3) is 0 Å². The number of carbonyl (C=O) groups is 1. The number of halogens is 4. The van der Waals surface area contributed by atoms with Gasteiger partial charge in [0.25, 0.3) is 0 Å². The van der Waals surface area contributed by atoms with Gasteiger partial charge in [0.15, 0.2) is 0 Å². The van der Waals surface area contributed by atoms with Crippen molar-refractivity contribution in [3.63, 3.8) is 0 Å². The lowest BCUT2D eigenvalue weighted by Crippen LogP contribution is -2.20. The van der Waals surface area contributed by atoms with E-state index in [0.29, 0.717) is 24.2 Å². The first kappa shape index (κ1) is 20.4. The van der Waals surface area contributed by atoms with Crippen molar-refractivity contribution in [3.8, 4) is 0 Å². The number of pyridine rings is 1. The molecule has 1 aromatic heterocycles. The van der Waals surface area contributed by atoms with Crippen LogP contribution in [0, 0.1) is 11.7 Å². The Balaban J connectivity index is 1.84. The van der Waals surface area contributed by atoms with E-state index >= 15 is 0 Å². The Kier molecular flexibility index (Phi) is 6.55. The zero-order chi connectivity index (χ0) is 20.0. The summed E-state index contributed by atoms with van der Waals surface area (Å²) in [7, 11) is 0. The number of hydrogen-bond acceptors (Lipinski definition) is 3. The lowest BCUT2D eigenvalue weighted by Gasteiger charge is -2.14. The van der Waals surface area contributed by atoms with Gasteiger partial charge in [0.1, 0.15) is 17.3 Å². The number of nitrogens with zero attached hydrogens (tertiary/aromatic N) is 1. The number of benzene rings is 1. The van der Waals surface area contributed by atoms with Crippen LogP contribution in [0.2, 0.25) is 0 Å². The molecule has 27 heavy (non-hydrogen) atoms. The number of allylic oxidation sites excluding steroid dienone is 1. The van der Waals surface area contributed by atoms with Crippen molar-refractivity contribution >= 4 is 17.4 Å². The summed E-state index contributed by atoms with van der Waals surface area (Å²) in [6, 6.07) is 8.95. The summed E-state index contributed by atoms with van der Waals surface area (Å²) in [5, 5.41) is 5.40. The Morgan fingerprint density at radius 2 is 1.81 bits per heavy atom. The van der Waals surface area contributed by atoms with Crippen molar-refractivity contribution in [1.29, 1.82) is 0 Å². The summed E-state index contributed by atoms with van der Waals surface area (Å²) >= 11 is 0. The van der Waals surface area contributed by atoms with E-state index in [1.165, 1.54) is 36.4 Å². The first-order chi connectivity index (χ1) is 12.6. The molecule has 0 aliphatic heterocycles. The third kappa shape index (κ3) is 6.40. The number of hydrogen-bond donors (Lipinski definition) is 2. The molecule has 1 atom stereocenters. The second-order valence-electron chi connectivity index (χ2n) is 6.07. The number of anilines is 2. The second kappa shape index (κ2) is 8.66. The molecular formula is C19H19F4N3O. The second-order valence-corrected chi connectivity index (χ2v) is 6.07. The van der Waals surface area contributed by atoms with Crippen LogP contribution < -0.4 is 10.6 Å². The number of aromatic nitrogens is 1. The summed E-state index contributed by atoms with van der Waals surface area (Å²) in [5.41, 5.74) is -0.0611. The number of carbonyl (C=O) groups excluding carboxylic acids is 1. The van der Waals surface area contributed by atoms with Crippen molar-refractivity contribution < 1.29 is 22.4 Å². The van der Waals surface area contributed by atoms with Crippen LogP contribution in [-0.4, -0.2) is 10.9 Å². The molecule has 8 heteroatoms. The average Bonchev–Trinajstić information content (AvgIpc) is 2.61. The van der Waals surface area contributed by atoms with Crippen molar-refractivity contribution in [2.24, 2.45) is 5.92 Å². The minimum Gasteiger partial charge on any atom is -0.344 e. The van der Waals surface area contributed by atoms with Gasteiger partial charge in [0, 0.05) is 17.3 Å². The van der Waals surface area contributed by atoms with Crippen LogP contribution in [-0.2, 0) is 11.0 Å². The number of amides is 1. The molecule has 0 fully saturated rings. The minimum absolute atomic E-state index is 0.0400. The predicted octanol–water partition coefficient (Wildman–Crippen LogP) is 5.22. The third-order valence-electron chi connectivity index (χ3n) is 3.78. The van der Waals surface area contributed by atoms with Crippen LogP contribution in [0.15, 0.2) is 54.7 Å². The maximum absolute atomic E-state index is 12.9. The highest BCUT2D eigenvalue weighted by molar-refractivity contribution is 5.92. The van der Waals surface area contributed by atoms with Gasteiger partial charge in [-0.05, 0) is 49.2 Å². The normalized spacial score (nSPS) is 12.3. The van der Waals surface area contributed by atoms with Crippen molar-refractivity contribution in [1.82, 2.24) is 4.98 Å². The van der Waals surface area contributed by atoms with E-state index in [9.17, 15) is 22.4 Å². The Hall–Kier alpha value is -2.90. The molecule has 2 rings (SSSR count). The highest BCUT2D eigenvalue weighted by atomic mass is 19.4. The molecule has 0 radical (unpaired) electrons. The van der Waals surface area contributed by atoms with Crippen molar-refractivity contribution in [2.75, 3.05) is 10.6 Å². The summed E-state index contributed by atoms with van der Waals surface area (Å²) in [5.74, 6) is -0.973. The van der Waals surface area contributed by atoms with Gasteiger partial charge in [-0.3, -0.25) is 4.79 Å². The van der Waals surface area contributed by atoms with Crippen LogP contribution in [0.3, 0.4) is 0 Å². The van der Waals surface area contributed by atoms with Gasteiger partial charge in [-0.25, -0.2) is 9.37 Å². The molecule has 0 saturated carbocycles. The van der Waals surface area contributed by atoms with E-state index in [-0.39, 0.29) is 17.6 Å². The summed E-state index contributed by atoms with van der Waals surface area (Å²) < 4.78 is 50.9. The monoisotopic (exact) mass is 381 g/mol. The van der Waals surface area contributed by atoms with Gasteiger partial charge in [0.05, 0.1) is 0 Å². The largest absolute Gasteiger partial charge is 0.433 e. The quantitative estimate of drug-likeness (QED) is 0.647. The van der Waals surface area contributed by atoms with Crippen LogP contribution in [0.4, 0.5) is 29.1 Å². The molecule has 144 valence electrons. The van der Waals surface area contributed by atoms with Crippen molar-refractivity contribution in [3.05, 3.63) is 66.3 Å². The van der Waals surface area contributed by atoms with E-state index < -0.39 is 17.7 Å². The van der Waals surface area contributed by atoms with E-state index in [2.05, 4.69) is 22.2 Å². The zero-order valence-corrected chi connectivity index (χ0v) is 14.6. The lowest BCUT2D eigenvalue weighted by molar-refractivity contribution is -0.141. The Bertz CT molecular complexity index is 803. The average molecular weight is 381 g/mol. The summed E-state index contributed by atoms with van der Waals surface area (Å²) in [6.07, 6.45) is -3.72. The first-order valence-electron chi connectivity index (χ1n) is 8.20. The smallest absolute Gasteiger partial charge is 0.344 e. The minimum atomic E-state index is -4.52. The van der Waals surface area contributed by atoms with E-state index in [4.69, 9.17) is 0 Å². The maximum Gasteiger partial charge on any atom is 0.433 e. The van der Waals surface area contributed by atoms with Gasteiger partial charge in [-0.15, -0.1) is 0 Å². The standard InChI is InChI=1S/C19H19F4N3O/c1-12(18(27)25-15-10-8-14(20)9-11-15)6-7-13(2)24-17-5-3-4-16(26-17)19(21,22)23/h3-5,8-12H,2,6-7H2,1H3,(H,24,26)(H,25,27). The molecule has 2 aromatic rings. The van der Waals surface area contributed by atoms with Gasteiger partial charge < -0.3 is 10.6 Å². The molecule has 1 aromatic carbocycles. The maximum atomic E-state index is 12.9. The molecule has 4 nitrogen and oxygen atoms in total.